The normalized spacial score (nSPS) is 18.3. The molecule has 0 atom stereocenters. The number of nitrogens with one attached hydrogen (secondary N) is 1. The summed E-state index contributed by atoms with van der Waals surface area (Å²) in [5, 5.41) is 7.55. The molecule has 0 aliphatic carbocycles. The van der Waals surface area contributed by atoms with Crippen LogP contribution in [0.2, 0.25) is 0 Å². The number of piperidine rings is 2. The van der Waals surface area contributed by atoms with Gasteiger partial charge in [-0.25, -0.2) is 9.18 Å². The number of likely N-dealkylation sites (tertiary alicyclic amines) is 2. The zero-order valence-corrected chi connectivity index (χ0v) is 18.9. The summed E-state index contributed by atoms with van der Waals surface area (Å²) in [5.41, 5.74) is 6.40. The maximum atomic E-state index is 13.2. The molecule has 9 nitrogen and oxygen atoms in total. The van der Waals surface area contributed by atoms with Crippen LogP contribution in [0.15, 0.2) is 30.5 Å². The second-order valence-electron chi connectivity index (χ2n) is 8.91. The molecule has 1 aromatic carbocycles. The Hall–Kier alpha value is -3.14. The first-order valence-corrected chi connectivity index (χ1v) is 11.4. The number of hydrogen-bond donors (Lipinski definition) is 2. The lowest BCUT2D eigenvalue weighted by Crippen LogP contribution is -2.40. The SMILES string of the molecule is CN1CCC(COC(=O)N2CCC(n3cc(C(N)=O)c(Nc4ccc(F)cc4)n3)CC2)CC1. The second-order valence-corrected chi connectivity index (χ2v) is 8.91. The van der Waals surface area contributed by atoms with E-state index >= 15 is 0 Å². The van der Waals surface area contributed by atoms with Gasteiger partial charge in [-0.05, 0) is 76.0 Å². The van der Waals surface area contributed by atoms with Crippen LogP contribution in [0.3, 0.4) is 0 Å². The van der Waals surface area contributed by atoms with Crippen LogP contribution in [0.1, 0.15) is 42.1 Å². The van der Waals surface area contributed by atoms with Crippen molar-refractivity contribution in [1.29, 1.82) is 0 Å². The topological polar surface area (TPSA) is 106 Å². The Kier molecular flexibility index (Phi) is 7.12. The zero-order chi connectivity index (χ0) is 23.4. The number of nitrogens with zero attached hydrogens (tertiary/aromatic N) is 4. The molecule has 2 aliphatic heterocycles. The van der Waals surface area contributed by atoms with E-state index in [0.717, 1.165) is 25.9 Å². The van der Waals surface area contributed by atoms with E-state index in [1.807, 2.05) is 0 Å². The summed E-state index contributed by atoms with van der Waals surface area (Å²) in [7, 11) is 2.11. The summed E-state index contributed by atoms with van der Waals surface area (Å²) in [4.78, 5) is 28.4. The summed E-state index contributed by atoms with van der Waals surface area (Å²) in [5.74, 6) is -0.182. The van der Waals surface area contributed by atoms with Gasteiger partial charge in [0.1, 0.15) is 11.4 Å². The Morgan fingerprint density at radius 3 is 2.42 bits per heavy atom. The van der Waals surface area contributed by atoms with Gasteiger partial charge in [-0.2, -0.15) is 5.10 Å². The molecule has 2 aromatic rings. The highest BCUT2D eigenvalue weighted by Gasteiger charge is 2.28. The highest BCUT2D eigenvalue weighted by Crippen LogP contribution is 2.27. The first-order valence-electron chi connectivity index (χ1n) is 11.4. The summed E-state index contributed by atoms with van der Waals surface area (Å²) >= 11 is 0. The molecule has 3 N–H and O–H groups in total. The molecule has 0 saturated carbocycles. The van der Waals surface area contributed by atoms with Gasteiger partial charge in [-0.1, -0.05) is 0 Å². The molecule has 2 amide bonds. The molecule has 3 heterocycles. The Balaban J connectivity index is 1.32. The van der Waals surface area contributed by atoms with Crippen molar-refractivity contribution in [3.05, 3.63) is 41.8 Å². The smallest absolute Gasteiger partial charge is 0.409 e. The maximum absolute atomic E-state index is 13.2. The molecule has 0 spiro atoms. The minimum absolute atomic E-state index is 0.0322. The Morgan fingerprint density at radius 2 is 1.79 bits per heavy atom. The van der Waals surface area contributed by atoms with E-state index in [0.29, 0.717) is 50.0 Å². The van der Waals surface area contributed by atoms with Crippen molar-refractivity contribution in [2.45, 2.75) is 31.7 Å². The summed E-state index contributed by atoms with van der Waals surface area (Å²) in [6.07, 6.45) is 4.87. The van der Waals surface area contributed by atoms with E-state index in [9.17, 15) is 14.0 Å². The first kappa shape index (κ1) is 23.0. The van der Waals surface area contributed by atoms with Crippen LogP contribution < -0.4 is 11.1 Å². The quantitative estimate of drug-likeness (QED) is 0.690. The van der Waals surface area contributed by atoms with Crippen molar-refractivity contribution in [1.82, 2.24) is 19.6 Å². The number of rotatable bonds is 6. The summed E-state index contributed by atoms with van der Waals surface area (Å²) < 4.78 is 20.5. The van der Waals surface area contributed by atoms with E-state index in [4.69, 9.17) is 10.5 Å². The molecular formula is C23H31FN6O3. The number of carbonyl (C=O) groups excluding carboxylic acids is 2. The van der Waals surface area contributed by atoms with E-state index < -0.39 is 5.91 Å². The Bertz CT molecular complexity index is 963. The summed E-state index contributed by atoms with van der Waals surface area (Å²) in [6.45, 7) is 3.69. The number of hydrogen-bond acceptors (Lipinski definition) is 6. The number of anilines is 2. The van der Waals surface area contributed by atoms with Crippen LogP contribution in [0.25, 0.3) is 0 Å². The van der Waals surface area contributed by atoms with Gasteiger partial charge in [0.25, 0.3) is 5.91 Å². The van der Waals surface area contributed by atoms with Gasteiger partial charge in [0.2, 0.25) is 0 Å². The van der Waals surface area contributed by atoms with Crippen LogP contribution in [-0.2, 0) is 4.74 Å². The number of benzene rings is 1. The van der Waals surface area contributed by atoms with Gasteiger partial charge >= 0.3 is 6.09 Å². The van der Waals surface area contributed by atoms with Crippen molar-refractivity contribution in [2.24, 2.45) is 11.7 Å². The molecule has 0 unspecified atom stereocenters. The number of halogens is 1. The number of primary amides is 1. The van der Waals surface area contributed by atoms with Crippen LogP contribution >= 0.6 is 0 Å². The zero-order valence-electron chi connectivity index (χ0n) is 18.9. The third-order valence-electron chi connectivity index (χ3n) is 6.48. The lowest BCUT2D eigenvalue weighted by Gasteiger charge is -2.32. The third-order valence-corrected chi connectivity index (χ3v) is 6.48. The largest absolute Gasteiger partial charge is 0.449 e. The molecule has 33 heavy (non-hydrogen) atoms. The number of carbonyl (C=O) groups is 2. The predicted molar refractivity (Wildman–Crippen MR) is 122 cm³/mol. The fourth-order valence-corrected chi connectivity index (χ4v) is 4.34. The van der Waals surface area contributed by atoms with Crippen LogP contribution in [0, 0.1) is 11.7 Å². The molecule has 178 valence electrons. The lowest BCUT2D eigenvalue weighted by molar-refractivity contribution is 0.0633. The van der Waals surface area contributed by atoms with Crippen LogP contribution in [0.4, 0.5) is 20.7 Å². The van der Waals surface area contributed by atoms with Crippen molar-refractivity contribution in [3.8, 4) is 0 Å². The minimum Gasteiger partial charge on any atom is -0.449 e. The molecular weight excluding hydrogens is 427 g/mol. The fraction of sp³-hybridized carbons (Fsp3) is 0.522. The predicted octanol–water partition coefficient (Wildman–Crippen LogP) is 2.98. The van der Waals surface area contributed by atoms with Gasteiger partial charge in [0.15, 0.2) is 5.82 Å². The van der Waals surface area contributed by atoms with Crippen molar-refractivity contribution >= 4 is 23.5 Å². The van der Waals surface area contributed by atoms with E-state index in [-0.39, 0.29) is 23.5 Å². The van der Waals surface area contributed by atoms with Crippen LogP contribution in [0.5, 0.6) is 0 Å². The van der Waals surface area contributed by atoms with Gasteiger partial charge in [-0.3, -0.25) is 9.48 Å². The summed E-state index contributed by atoms with van der Waals surface area (Å²) in [6, 6.07) is 5.81. The van der Waals surface area contributed by atoms with Gasteiger partial charge in [0.05, 0.1) is 12.6 Å². The first-order chi connectivity index (χ1) is 15.9. The van der Waals surface area contributed by atoms with E-state index in [2.05, 4.69) is 22.4 Å². The number of nitrogens with two attached hydrogens (primary N) is 1. The molecule has 10 heteroatoms. The molecule has 0 radical (unpaired) electrons. The third kappa shape index (κ3) is 5.81. The monoisotopic (exact) mass is 458 g/mol. The number of amides is 2. The molecule has 2 fully saturated rings. The molecule has 1 aromatic heterocycles. The number of ether oxygens (including phenoxy) is 1. The number of aromatic nitrogens is 2. The fourth-order valence-electron chi connectivity index (χ4n) is 4.34. The van der Waals surface area contributed by atoms with Crippen molar-refractivity contribution < 1.29 is 18.7 Å². The Labute approximate surface area is 192 Å². The van der Waals surface area contributed by atoms with Crippen molar-refractivity contribution in [3.63, 3.8) is 0 Å². The average Bonchev–Trinajstić information content (AvgIpc) is 3.24. The highest BCUT2D eigenvalue weighted by atomic mass is 19.1. The average molecular weight is 459 g/mol. The molecule has 2 saturated heterocycles. The molecule has 0 bridgehead atoms. The van der Waals surface area contributed by atoms with Crippen molar-refractivity contribution in [2.75, 3.05) is 45.2 Å². The maximum Gasteiger partial charge on any atom is 0.409 e. The highest BCUT2D eigenvalue weighted by molar-refractivity contribution is 5.98. The van der Waals surface area contributed by atoms with E-state index in [1.54, 1.807) is 27.9 Å². The van der Waals surface area contributed by atoms with E-state index in [1.165, 1.54) is 12.1 Å². The minimum atomic E-state index is -0.596. The van der Waals surface area contributed by atoms with Gasteiger partial charge < -0.3 is 25.6 Å². The van der Waals surface area contributed by atoms with Crippen LogP contribution in [-0.4, -0.2) is 71.4 Å². The lowest BCUT2D eigenvalue weighted by atomic mass is 9.98. The van der Waals surface area contributed by atoms with Gasteiger partial charge in [0, 0.05) is 25.0 Å². The molecule has 2 aliphatic rings. The standard InChI is InChI=1S/C23H31FN6O3/c1-28-10-6-16(7-11-28)15-33-23(32)29-12-8-19(9-13-29)30-14-20(21(25)31)22(27-30)26-18-4-2-17(24)3-5-18/h2-5,14,16,19H,6-13,15H2,1H3,(H2,25,31)(H,26,27). The van der Waals surface area contributed by atoms with Gasteiger partial charge in [-0.15, -0.1) is 0 Å². The molecule has 4 rings (SSSR count). The second kappa shape index (κ2) is 10.2. The Morgan fingerprint density at radius 1 is 1.12 bits per heavy atom.